The maximum atomic E-state index is 11.5. The molecule has 2 N–H and O–H groups in total. The lowest BCUT2D eigenvalue weighted by Gasteiger charge is -2.32. The molecule has 0 saturated carbocycles. The molecule has 2 rings (SSSR count). The van der Waals surface area contributed by atoms with Crippen LogP contribution in [0.15, 0.2) is 24.3 Å². The van der Waals surface area contributed by atoms with E-state index in [1.165, 1.54) is 10.6 Å². The first-order valence-electron chi connectivity index (χ1n) is 4.82. The van der Waals surface area contributed by atoms with Crippen molar-refractivity contribution in [1.82, 2.24) is 0 Å². The Morgan fingerprint density at radius 2 is 2.07 bits per heavy atom. The zero-order valence-corrected chi connectivity index (χ0v) is 9.37. The highest BCUT2D eigenvalue weighted by Crippen LogP contribution is 2.33. The third-order valence-electron chi connectivity index (χ3n) is 2.65. The van der Waals surface area contributed by atoms with Gasteiger partial charge >= 0.3 is 0 Å². The van der Waals surface area contributed by atoms with E-state index in [4.69, 9.17) is 5.73 Å². The van der Waals surface area contributed by atoms with Crippen molar-refractivity contribution in [2.24, 2.45) is 5.73 Å². The molecule has 0 saturated heterocycles. The van der Waals surface area contributed by atoms with E-state index in [1.54, 1.807) is 6.07 Å². The molecule has 1 atom stereocenters. The Hall–Kier alpha value is -1.07. The summed E-state index contributed by atoms with van der Waals surface area (Å²) >= 11 is 0. The molecule has 0 aromatic heterocycles. The predicted molar refractivity (Wildman–Crippen MR) is 60.2 cm³/mol. The fourth-order valence-electron chi connectivity index (χ4n) is 1.90. The fourth-order valence-corrected chi connectivity index (χ4v) is 2.87. The molecule has 15 heavy (non-hydrogen) atoms. The Balaban J connectivity index is 2.54. The number of hydrogen-bond acceptors (Lipinski definition) is 3. The molecule has 1 heterocycles. The number of benzene rings is 1. The molecule has 5 heteroatoms. The summed E-state index contributed by atoms with van der Waals surface area (Å²) in [5.74, 6) is 0. The highest BCUT2D eigenvalue weighted by atomic mass is 32.2. The molecule has 0 aliphatic carbocycles. The summed E-state index contributed by atoms with van der Waals surface area (Å²) < 4.78 is 24.5. The van der Waals surface area contributed by atoms with Gasteiger partial charge in [-0.25, -0.2) is 8.42 Å². The van der Waals surface area contributed by atoms with Crippen LogP contribution in [0.4, 0.5) is 5.69 Å². The van der Waals surface area contributed by atoms with E-state index in [0.717, 1.165) is 11.3 Å². The van der Waals surface area contributed by atoms with Crippen molar-refractivity contribution in [3.8, 4) is 0 Å². The first kappa shape index (κ1) is 10.4. The maximum Gasteiger partial charge on any atom is 0.232 e. The summed E-state index contributed by atoms with van der Waals surface area (Å²) in [6.45, 7) is 0.469. The van der Waals surface area contributed by atoms with Crippen molar-refractivity contribution >= 4 is 15.7 Å². The second-order valence-electron chi connectivity index (χ2n) is 3.79. The third kappa shape index (κ3) is 1.85. The van der Waals surface area contributed by atoms with Crippen LogP contribution >= 0.6 is 0 Å². The zero-order valence-electron chi connectivity index (χ0n) is 8.55. The van der Waals surface area contributed by atoms with Crippen molar-refractivity contribution in [3.63, 3.8) is 0 Å². The fraction of sp³-hybridized carbons (Fsp3) is 0.400. The predicted octanol–water partition coefficient (Wildman–Crippen LogP) is 0.856. The van der Waals surface area contributed by atoms with Gasteiger partial charge < -0.3 is 5.73 Å². The number of hydrogen-bond donors (Lipinski definition) is 1. The van der Waals surface area contributed by atoms with Gasteiger partial charge in [0.1, 0.15) is 0 Å². The van der Waals surface area contributed by atoms with Crippen molar-refractivity contribution in [2.45, 2.75) is 12.5 Å². The Morgan fingerprint density at radius 3 is 2.73 bits per heavy atom. The molecule has 0 radical (unpaired) electrons. The van der Waals surface area contributed by atoms with Gasteiger partial charge in [-0.1, -0.05) is 18.2 Å². The van der Waals surface area contributed by atoms with E-state index in [9.17, 15) is 8.42 Å². The van der Waals surface area contributed by atoms with Gasteiger partial charge in [-0.2, -0.15) is 0 Å². The van der Waals surface area contributed by atoms with Crippen LogP contribution in [0.5, 0.6) is 0 Å². The van der Waals surface area contributed by atoms with E-state index in [0.29, 0.717) is 13.0 Å². The Bertz CT molecular complexity index is 470. The second kappa shape index (κ2) is 3.50. The van der Waals surface area contributed by atoms with E-state index >= 15 is 0 Å². The van der Waals surface area contributed by atoms with E-state index < -0.39 is 10.0 Å². The highest BCUT2D eigenvalue weighted by molar-refractivity contribution is 7.92. The van der Waals surface area contributed by atoms with Gasteiger partial charge in [-0.15, -0.1) is 0 Å². The summed E-state index contributed by atoms with van der Waals surface area (Å²) in [4.78, 5) is 0. The Kier molecular flexibility index (Phi) is 2.44. The maximum absolute atomic E-state index is 11.5. The van der Waals surface area contributed by atoms with Gasteiger partial charge in [0, 0.05) is 12.6 Å². The van der Waals surface area contributed by atoms with Crippen LogP contribution in [0.2, 0.25) is 0 Å². The topological polar surface area (TPSA) is 63.4 Å². The van der Waals surface area contributed by atoms with Crippen LogP contribution in [0, 0.1) is 0 Å². The first-order chi connectivity index (χ1) is 7.00. The molecular formula is C10H14N2O2S. The molecule has 1 aliphatic heterocycles. The van der Waals surface area contributed by atoms with Crippen molar-refractivity contribution < 1.29 is 8.42 Å². The molecule has 1 aromatic carbocycles. The average Bonchev–Trinajstić information content (AvgIpc) is 2.17. The van der Waals surface area contributed by atoms with Crippen molar-refractivity contribution in [3.05, 3.63) is 29.8 Å². The van der Waals surface area contributed by atoms with Crippen LogP contribution in [-0.4, -0.2) is 21.2 Å². The van der Waals surface area contributed by atoms with E-state index in [2.05, 4.69) is 0 Å². The number of nitrogens with zero attached hydrogens (tertiary/aromatic N) is 1. The van der Waals surface area contributed by atoms with Crippen LogP contribution in [0.1, 0.15) is 18.0 Å². The molecule has 0 spiro atoms. The molecule has 4 nitrogen and oxygen atoms in total. The average molecular weight is 226 g/mol. The highest BCUT2D eigenvalue weighted by Gasteiger charge is 2.27. The number of para-hydroxylation sites is 1. The van der Waals surface area contributed by atoms with E-state index in [-0.39, 0.29) is 6.04 Å². The molecule has 1 unspecified atom stereocenters. The van der Waals surface area contributed by atoms with Gasteiger partial charge in [0.25, 0.3) is 0 Å². The number of rotatable bonds is 1. The van der Waals surface area contributed by atoms with Crippen LogP contribution in [-0.2, 0) is 10.0 Å². The van der Waals surface area contributed by atoms with Crippen LogP contribution in [0.3, 0.4) is 0 Å². The summed E-state index contributed by atoms with van der Waals surface area (Å²) in [5, 5.41) is 0. The van der Waals surface area contributed by atoms with Crippen molar-refractivity contribution in [1.29, 1.82) is 0 Å². The van der Waals surface area contributed by atoms with Gasteiger partial charge in [0.15, 0.2) is 0 Å². The Morgan fingerprint density at radius 1 is 1.40 bits per heavy atom. The second-order valence-corrected chi connectivity index (χ2v) is 5.70. The molecule has 1 aromatic rings. The zero-order chi connectivity index (χ0) is 11.1. The summed E-state index contributed by atoms with van der Waals surface area (Å²) in [7, 11) is -3.18. The van der Waals surface area contributed by atoms with Crippen LogP contribution < -0.4 is 10.0 Å². The van der Waals surface area contributed by atoms with Gasteiger partial charge in [0.2, 0.25) is 10.0 Å². The lowest BCUT2D eigenvalue weighted by atomic mass is 9.99. The summed E-state index contributed by atoms with van der Waals surface area (Å²) in [6, 6.07) is 7.34. The van der Waals surface area contributed by atoms with Gasteiger partial charge in [0.05, 0.1) is 11.9 Å². The minimum absolute atomic E-state index is 0.0563. The van der Waals surface area contributed by atoms with Gasteiger partial charge in [-0.3, -0.25) is 4.31 Å². The normalized spacial score (nSPS) is 21.2. The lowest BCUT2D eigenvalue weighted by Crippen LogP contribution is -2.37. The van der Waals surface area contributed by atoms with Crippen LogP contribution in [0.25, 0.3) is 0 Å². The molecule has 0 bridgehead atoms. The minimum Gasteiger partial charge on any atom is -0.324 e. The number of fused-ring (bicyclic) bond motifs is 1. The Labute approximate surface area is 89.7 Å². The molecule has 0 fully saturated rings. The third-order valence-corrected chi connectivity index (χ3v) is 3.83. The minimum atomic E-state index is -3.18. The summed E-state index contributed by atoms with van der Waals surface area (Å²) in [5.41, 5.74) is 7.56. The summed E-state index contributed by atoms with van der Waals surface area (Å²) in [6.07, 6.45) is 1.89. The standard InChI is InChI=1S/C10H14N2O2S/c1-15(13,14)12-7-6-9(11)8-4-2-3-5-10(8)12/h2-5,9H,6-7,11H2,1H3. The molecule has 82 valence electrons. The largest absolute Gasteiger partial charge is 0.324 e. The molecule has 0 amide bonds. The lowest BCUT2D eigenvalue weighted by molar-refractivity contribution is 0.579. The quantitative estimate of drug-likeness (QED) is 0.772. The van der Waals surface area contributed by atoms with E-state index in [1.807, 2.05) is 18.2 Å². The number of sulfonamides is 1. The first-order valence-corrected chi connectivity index (χ1v) is 6.67. The molecular weight excluding hydrogens is 212 g/mol. The van der Waals surface area contributed by atoms with Crippen molar-refractivity contribution in [2.75, 3.05) is 17.1 Å². The molecule has 1 aliphatic rings. The van der Waals surface area contributed by atoms with Gasteiger partial charge in [-0.05, 0) is 18.1 Å². The SMILES string of the molecule is CS(=O)(=O)N1CCC(N)c2ccccc21. The number of anilines is 1. The smallest absolute Gasteiger partial charge is 0.232 e. The number of nitrogens with two attached hydrogens (primary N) is 1. The monoisotopic (exact) mass is 226 g/mol.